The highest BCUT2D eigenvalue weighted by molar-refractivity contribution is 7.17. The first-order valence-corrected chi connectivity index (χ1v) is 14.8. The number of anilines is 1. The number of esters is 1. The van der Waals surface area contributed by atoms with Crippen LogP contribution >= 0.6 is 11.3 Å². The van der Waals surface area contributed by atoms with Gasteiger partial charge in [-0.1, -0.05) is 51.1 Å². The minimum Gasteiger partial charge on any atom is -0.494 e. The Hall–Kier alpha value is -3.71. The number of aromatic nitrogens is 1. The molecule has 1 atom stereocenters. The molecule has 1 aliphatic carbocycles. The summed E-state index contributed by atoms with van der Waals surface area (Å²) in [6, 6.07) is 17.1. The molecule has 7 heteroatoms. The van der Waals surface area contributed by atoms with Crippen LogP contribution in [0.15, 0.2) is 54.6 Å². The van der Waals surface area contributed by atoms with Crippen molar-refractivity contribution in [3.05, 3.63) is 76.2 Å². The fraction of sp³-hybridized carbons (Fsp3) is 0.364. The Bertz CT molecular complexity index is 1570. The molecule has 0 saturated heterocycles. The maximum atomic E-state index is 13.9. The van der Waals surface area contributed by atoms with Crippen LogP contribution < -0.4 is 10.1 Å². The van der Waals surface area contributed by atoms with E-state index in [4.69, 9.17) is 14.5 Å². The number of hydrogen-bond donors (Lipinski definition) is 1. The first kappa shape index (κ1) is 27.8. The van der Waals surface area contributed by atoms with Gasteiger partial charge < -0.3 is 14.8 Å². The van der Waals surface area contributed by atoms with Crippen molar-refractivity contribution in [1.29, 1.82) is 0 Å². The zero-order valence-electron chi connectivity index (χ0n) is 23.8. The van der Waals surface area contributed by atoms with Crippen LogP contribution in [0.25, 0.3) is 22.2 Å². The van der Waals surface area contributed by atoms with E-state index < -0.39 is 0 Å². The molecule has 0 saturated carbocycles. The Balaban J connectivity index is 1.55. The van der Waals surface area contributed by atoms with E-state index in [2.05, 4.69) is 26.1 Å². The number of fused-ring (bicyclic) bond motifs is 2. The molecule has 0 spiro atoms. The van der Waals surface area contributed by atoms with Crippen molar-refractivity contribution in [3.63, 3.8) is 0 Å². The molecule has 1 unspecified atom stereocenters. The highest BCUT2D eigenvalue weighted by Gasteiger charge is 2.34. The Morgan fingerprint density at radius 2 is 1.85 bits per heavy atom. The summed E-state index contributed by atoms with van der Waals surface area (Å²) in [6.45, 7) is 11.4. The standard InChI is InChI=1S/C33H36N2O4S/c1-6-38-22-12-10-11-20(17-22)27-19-25(23-13-8-9-14-26(23)34-27)30(36)35-31-29(32(37)39-7-2)24-16-15-21(33(3,4)5)18-28(24)40-31/h8-14,17,19,21H,6-7,15-16,18H2,1-5H3,(H,35,36). The van der Waals surface area contributed by atoms with Gasteiger partial charge in [0.05, 0.1) is 35.6 Å². The summed E-state index contributed by atoms with van der Waals surface area (Å²) in [5.41, 5.74) is 4.44. The zero-order chi connectivity index (χ0) is 28.4. The van der Waals surface area contributed by atoms with Crippen LogP contribution in [0.4, 0.5) is 5.00 Å². The predicted octanol–water partition coefficient (Wildman–Crippen LogP) is 7.94. The van der Waals surface area contributed by atoms with E-state index in [0.29, 0.717) is 34.3 Å². The van der Waals surface area contributed by atoms with Gasteiger partial charge in [-0.2, -0.15) is 0 Å². The molecule has 0 fully saturated rings. The van der Waals surface area contributed by atoms with Gasteiger partial charge in [-0.05, 0) is 74.3 Å². The van der Waals surface area contributed by atoms with Crippen LogP contribution in [-0.2, 0) is 17.6 Å². The number of thiophene rings is 1. The average Bonchev–Trinajstić information content (AvgIpc) is 3.29. The molecule has 1 aliphatic rings. The van der Waals surface area contributed by atoms with Gasteiger partial charge in [0.2, 0.25) is 0 Å². The minimum absolute atomic E-state index is 0.168. The molecule has 2 aromatic carbocycles. The number of nitrogens with one attached hydrogen (secondary N) is 1. The third-order valence-electron chi connectivity index (χ3n) is 7.60. The number of hydrogen-bond acceptors (Lipinski definition) is 6. The lowest BCUT2D eigenvalue weighted by Crippen LogP contribution is -2.26. The van der Waals surface area contributed by atoms with Crippen molar-refractivity contribution in [3.8, 4) is 17.0 Å². The molecule has 6 nitrogen and oxygen atoms in total. The number of benzene rings is 2. The molecule has 0 radical (unpaired) electrons. The van der Waals surface area contributed by atoms with E-state index in [1.54, 1.807) is 6.92 Å². The maximum Gasteiger partial charge on any atom is 0.341 e. The Morgan fingerprint density at radius 1 is 1.05 bits per heavy atom. The smallest absolute Gasteiger partial charge is 0.341 e. The van der Waals surface area contributed by atoms with Gasteiger partial charge in [0, 0.05) is 15.8 Å². The molecule has 2 heterocycles. The van der Waals surface area contributed by atoms with Crippen LogP contribution in [-0.4, -0.2) is 30.1 Å². The highest BCUT2D eigenvalue weighted by atomic mass is 32.1. The van der Waals surface area contributed by atoms with Gasteiger partial charge in [-0.15, -0.1) is 11.3 Å². The van der Waals surface area contributed by atoms with Crippen LogP contribution in [0.1, 0.15) is 72.2 Å². The first-order valence-electron chi connectivity index (χ1n) is 14.0. The number of rotatable bonds is 7. The topological polar surface area (TPSA) is 77.5 Å². The van der Waals surface area contributed by atoms with Crippen molar-refractivity contribution in [1.82, 2.24) is 4.98 Å². The molecule has 0 aliphatic heterocycles. The average molecular weight is 557 g/mol. The fourth-order valence-electron chi connectivity index (χ4n) is 5.43. The van der Waals surface area contributed by atoms with E-state index in [9.17, 15) is 9.59 Å². The second-order valence-electron chi connectivity index (χ2n) is 11.2. The number of amides is 1. The molecule has 5 rings (SSSR count). The largest absolute Gasteiger partial charge is 0.494 e. The Kier molecular flexibility index (Phi) is 7.95. The van der Waals surface area contributed by atoms with Crippen molar-refractivity contribution in [2.24, 2.45) is 11.3 Å². The van der Waals surface area contributed by atoms with Crippen molar-refractivity contribution in [2.75, 3.05) is 18.5 Å². The van der Waals surface area contributed by atoms with Crippen LogP contribution in [0.3, 0.4) is 0 Å². The van der Waals surface area contributed by atoms with Crippen molar-refractivity contribution in [2.45, 2.75) is 53.9 Å². The first-order chi connectivity index (χ1) is 19.2. The number of carbonyl (C=O) groups is 2. The lowest BCUT2D eigenvalue weighted by atomic mass is 9.72. The normalized spacial score (nSPS) is 15.0. The molecule has 0 bridgehead atoms. The summed E-state index contributed by atoms with van der Waals surface area (Å²) in [5, 5.41) is 4.41. The second kappa shape index (κ2) is 11.4. The molecule has 208 valence electrons. The summed E-state index contributed by atoms with van der Waals surface area (Å²) in [6.07, 6.45) is 2.70. The highest BCUT2D eigenvalue weighted by Crippen LogP contribution is 2.44. The number of carbonyl (C=O) groups excluding carboxylic acids is 2. The SMILES string of the molecule is CCOC(=O)c1c(NC(=O)c2cc(-c3cccc(OCC)c3)nc3ccccc23)sc2c1CCC(C(C)(C)C)C2. The molecule has 1 amide bonds. The van der Waals surface area contributed by atoms with Crippen LogP contribution in [0.2, 0.25) is 0 Å². The predicted molar refractivity (Wildman–Crippen MR) is 162 cm³/mol. The lowest BCUT2D eigenvalue weighted by Gasteiger charge is -2.33. The monoisotopic (exact) mass is 556 g/mol. The van der Waals surface area contributed by atoms with Crippen molar-refractivity contribution >= 4 is 39.1 Å². The quantitative estimate of drug-likeness (QED) is 0.234. The Morgan fingerprint density at radius 3 is 2.60 bits per heavy atom. The van der Waals surface area contributed by atoms with Gasteiger partial charge >= 0.3 is 5.97 Å². The molecule has 4 aromatic rings. The minimum atomic E-state index is -0.377. The van der Waals surface area contributed by atoms with Gasteiger partial charge in [0.1, 0.15) is 10.8 Å². The third-order valence-corrected chi connectivity index (χ3v) is 8.77. The summed E-state index contributed by atoms with van der Waals surface area (Å²) >= 11 is 1.51. The van der Waals surface area contributed by atoms with Crippen molar-refractivity contribution < 1.29 is 19.1 Å². The fourth-order valence-corrected chi connectivity index (χ4v) is 6.74. The van der Waals surface area contributed by atoms with E-state index in [0.717, 1.165) is 51.9 Å². The zero-order valence-corrected chi connectivity index (χ0v) is 24.6. The number of ether oxygens (including phenoxy) is 2. The number of para-hydroxylation sites is 1. The molecule has 2 aromatic heterocycles. The third kappa shape index (κ3) is 5.61. The molecular formula is C33H36N2O4S. The van der Waals surface area contributed by atoms with E-state index in [-0.39, 0.29) is 23.9 Å². The lowest BCUT2D eigenvalue weighted by molar-refractivity contribution is 0.0526. The summed E-state index contributed by atoms with van der Waals surface area (Å²) in [5.74, 6) is 0.601. The summed E-state index contributed by atoms with van der Waals surface area (Å²) in [7, 11) is 0. The van der Waals surface area contributed by atoms with Gasteiger partial charge in [-0.3, -0.25) is 4.79 Å². The van der Waals surface area contributed by atoms with E-state index in [1.165, 1.54) is 11.3 Å². The molecule has 1 N–H and O–H groups in total. The molecule has 40 heavy (non-hydrogen) atoms. The van der Waals surface area contributed by atoms with E-state index >= 15 is 0 Å². The van der Waals surface area contributed by atoms with E-state index in [1.807, 2.05) is 61.5 Å². The van der Waals surface area contributed by atoms with Crippen LogP contribution in [0.5, 0.6) is 5.75 Å². The van der Waals surface area contributed by atoms with Gasteiger partial charge in [-0.25, -0.2) is 9.78 Å². The number of pyridine rings is 1. The number of nitrogens with zero attached hydrogens (tertiary/aromatic N) is 1. The van der Waals surface area contributed by atoms with Gasteiger partial charge in [0.25, 0.3) is 5.91 Å². The summed E-state index contributed by atoms with van der Waals surface area (Å²) < 4.78 is 11.1. The second-order valence-corrected chi connectivity index (χ2v) is 12.3. The Labute approximate surface area is 239 Å². The van der Waals surface area contributed by atoms with Gasteiger partial charge in [0.15, 0.2) is 0 Å². The summed E-state index contributed by atoms with van der Waals surface area (Å²) in [4.78, 5) is 33.1. The maximum absolute atomic E-state index is 13.9. The molecular weight excluding hydrogens is 520 g/mol. The van der Waals surface area contributed by atoms with Crippen LogP contribution in [0, 0.1) is 11.3 Å².